The lowest BCUT2D eigenvalue weighted by molar-refractivity contribution is 0.179. The van der Waals surface area contributed by atoms with Gasteiger partial charge in [-0.3, -0.25) is 0 Å². The number of benzene rings is 2. The molecule has 2 aliphatic heterocycles. The van der Waals surface area contributed by atoms with Gasteiger partial charge in [0.2, 0.25) is 5.88 Å². The summed E-state index contributed by atoms with van der Waals surface area (Å²) in [5, 5.41) is 0.573. The molecule has 9 heteroatoms. The maximum atomic E-state index is 12.9. The van der Waals surface area contributed by atoms with Crippen LogP contribution < -0.4 is 5.48 Å². The van der Waals surface area contributed by atoms with Crippen LogP contribution in [0.3, 0.4) is 0 Å². The standard InChI is InChI=1S/C23H19ClN4O3S/c1-14-25-23(28-31-14)16-9-7-15(8-10-16)12-20-21-19(6-3-11-32(21,29)30)26-22(27-20)17-4-2-5-18(24)13-17/h2,4-5,7-10,13H,1,3,6,11-12H2,(H,25,28). The van der Waals surface area contributed by atoms with E-state index in [1.54, 1.807) is 12.1 Å². The summed E-state index contributed by atoms with van der Waals surface area (Å²) in [6, 6.07) is 14.9. The molecule has 0 atom stereocenters. The number of nitrogens with one attached hydrogen (secondary N) is 1. The second-order valence-corrected chi connectivity index (χ2v) is 10.1. The Labute approximate surface area is 190 Å². The van der Waals surface area contributed by atoms with Gasteiger partial charge in [-0.1, -0.05) is 48.0 Å². The maximum Gasteiger partial charge on any atom is 0.240 e. The van der Waals surface area contributed by atoms with E-state index in [1.807, 2.05) is 36.4 Å². The zero-order valence-electron chi connectivity index (χ0n) is 17.0. The Bertz CT molecular complexity index is 1370. The minimum Gasteiger partial charge on any atom is -0.361 e. The van der Waals surface area contributed by atoms with Gasteiger partial charge in [0.1, 0.15) is 4.90 Å². The molecule has 0 saturated heterocycles. The molecule has 162 valence electrons. The third kappa shape index (κ3) is 3.99. The van der Waals surface area contributed by atoms with Crippen molar-refractivity contribution in [3.63, 3.8) is 0 Å². The molecule has 0 saturated carbocycles. The molecule has 0 spiro atoms. The number of hydrogen-bond donors (Lipinski definition) is 1. The molecular weight excluding hydrogens is 448 g/mol. The minimum absolute atomic E-state index is 0.112. The Hall–Kier alpha value is -3.23. The van der Waals surface area contributed by atoms with Gasteiger partial charge in [-0.25, -0.2) is 23.9 Å². The average molecular weight is 467 g/mol. The number of amidine groups is 1. The molecule has 1 N–H and O–H groups in total. The van der Waals surface area contributed by atoms with E-state index >= 15 is 0 Å². The third-order valence-electron chi connectivity index (χ3n) is 5.33. The fraction of sp³-hybridized carbons (Fsp3) is 0.174. The molecule has 0 aliphatic carbocycles. The molecule has 0 fully saturated rings. The summed E-state index contributed by atoms with van der Waals surface area (Å²) in [7, 11) is -3.43. The lowest BCUT2D eigenvalue weighted by atomic mass is 10.0. The summed E-state index contributed by atoms with van der Waals surface area (Å²) in [5.41, 5.74) is 6.31. The van der Waals surface area contributed by atoms with Crippen molar-refractivity contribution in [3.8, 4) is 11.4 Å². The van der Waals surface area contributed by atoms with E-state index in [-0.39, 0.29) is 10.6 Å². The van der Waals surface area contributed by atoms with Crippen molar-refractivity contribution in [1.82, 2.24) is 15.4 Å². The summed E-state index contributed by atoms with van der Waals surface area (Å²) >= 11 is 6.15. The normalized spacial score (nSPS) is 16.7. The molecule has 0 unspecified atom stereocenters. The Morgan fingerprint density at radius 3 is 2.62 bits per heavy atom. The maximum absolute atomic E-state index is 12.9. The van der Waals surface area contributed by atoms with Gasteiger partial charge in [0, 0.05) is 22.6 Å². The van der Waals surface area contributed by atoms with Crippen LogP contribution in [0.5, 0.6) is 0 Å². The largest absolute Gasteiger partial charge is 0.361 e. The zero-order chi connectivity index (χ0) is 22.3. The van der Waals surface area contributed by atoms with Crippen LogP contribution >= 0.6 is 11.6 Å². The fourth-order valence-corrected chi connectivity index (χ4v) is 5.76. The Balaban J connectivity index is 1.55. The van der Waals surface area contributed by atoms with E-state index in [0.29, 0.717) is 53.2 Å². The number of nitrogens with zero attached hydrogens (tertiary/aromatic N) is 3. The molecule has 7 nitrogen and oxygen atoms in total. The molecule has 5 rings (SSSR count). The van der Waals surface area contributed by atoms with E-state index < -0.39 is 9.84 Å². The van der Waals surface area contributed by atoms with Crippen LogP contribution in [0.4, 0.5) is 0 Å². The first-order chi connectivity index (χ1) is 15.4. The summed E-state index contributed by atoms with van der Waals surface area (Å²) in [6.45, 7) is 3.64. The number of hydroxylamine groups is 1. The zero-order valence-corrected chi connectivity index (χ0v) is 18.6. The Morgan fingerprint density at radius 1 is 1.09 bits per heavy atom. The van der Waals surface area contributed by atoms with Crippen LogP contribution in [0.15, 0.2) is 70.9 Å². The van der Waals surface area contributed by atoms with Gasteiger partial charge in [-0.2, -0.15) is 4.99 Å². The van der Waals surface area contributed by atoms with Crippen LogP contribution in [-0.2, 0) is 27.5 Å². The highest BCUT2D eigenvalue weighted by molar-refractivity contribution is 7.91. The van der Waals surface area contributed by atoms with Crippen molar-refractivity contribution in [1.29, 1.82) is 0 Å². The molecule has 0 amide bonds. The summed E-state index contributed by atoms with van der Waals surface area (Å²) < 4.78 is 25.8. The highest BCUT2D eigenvalue weighted by Crippen LogP contribution is 2.31. The smallest absolute Gasteiger partial charge is 0.240 e. The lowest BCUT2D eigenvalue weighted by Gasteiger charge is -2.19. The molecule has 0 bridgehead atoms. The number of rotatable bonds is 4. The second kappa shape index (κ2) is 8.03. The first kappa shape index (κ1) is 20.7. The highest BCUT2D eigenvalue weighted by atomic mass is 35.5. The molecular formula is C23H19ClN4O3S. The summed E-state index contributed by atoms with van der Waals surface area (Å²) in [6.07, 6.45) is 1.52. The van der Waals surface area contributed by atoms with Crippen molar-refractivity contribution in [2.24, 2.45) is 4.99 Å². The first-order valence-electron chi connectivity index (χ1n) is 10.1. The number of aryl methyl sites for hydroxylation is 1. The van der Waals surface area contributed by atoms with Crippen molar-refractivity contribution < 1.29 is 13.3 Å². The molecule has 2 aliphatic rings. The van der Waals surface area contributed by atoms with Gasteiger partial charge >= 0.3 is 0 Å². The van der Waals surface area contributed by atoms with Crippen molar-refractivity contribution in [3.05, 3.63) is 88.5 Å². The van der Waals surface area contributed by atoms with Gasteiger partial charge in [0.05, 0.1) is 17.1 Å². The van der Waals surface area contributed by atoms with Gasteiger partial charge in [-0.15, -0.1) is 0 Å². The first-order valence-corrected chi connectivity index (χ1v) is 12.1. The molecule has 3 aromatic rings. The predicted octanol–water partition coefficient (Wildman–Crippen LogP) is 3.86. The van der Waals surface area contributed by atoms with E-state index in [2.05, 4.69) is 27.0 Å². The molecule has 0 radical (unpaired) electrons. The Kier molecular flexibility index (Phi) is 5.19. The quantitative estimate of drug-likeness (QED) is 0.627. The number of sulfone groups is 1. The second-order valence-electron chi connectivity index (χ2n) is 7.63. The van der Waals surface area contributed by atoms with Gasteiger partial charge < -0.3 is 4.84 Å². The third-order valence-corrected chi connectivity index (χ3v) is 7.48. The minimum atomic E-state index is -3.43. The van der Waals surface area contributed by atoms with Crippen LogP contribution in [0.25, 0.3) is 11.4 Å². The number of halogens is 1. The number of fused-ring (bicyclic) bond motifs is 1. The molecule has 3 heterocycles. The van der Waals surface area contributed by atoms with Crippen LogP contribution in [-0.4, -0.2) is 30.0 Å². The molecule has 32 heavy (non-hydrogen) atoms. The highest BCUT2D eigenvalue weighted by Gasteiger charge is 2.30. The topological polar surface area (TPSA) is 93.5 Å². The van der Waals surface area contributed by atoms with Gasteiger partial charge in [-0.05, 0) is 37.1 Å². The fourth-order valence-electron chi connectivity index (χ4n) is 3.86. The van der Waals surface area contributed by atoms with Crippen molar-refractivity contribution >= 4 is 27.3 Å². The number of aliphatic imine (C=N–C) groups is 1. The van der Waals surface area contributed by atoms with Crippen molar-refractivity contribution in [2.45, 2.75) is 24.2 Å². The molecule has 2 aromatic carbocycles. The number of aromatic nitrogens is 2. The van der Waals surface area contributed by atoms with E-state index in [9.17, 15) is 8.42 Å². The van der Waals surface area contributed by atoms with Gasteiger partial charge in [0.15, 0.2) is 21.5 Å². The number of hydrogen-bond acceptors (Lipinski definition) is 7. The Morgan fingerprint density at radius 2 is 1.91 bits per heavy atom. The van der Waals surface area contributed by atoms with Crippen LogP contribution in [0.1, 0.15) is 28.9 Å². The van der Waals surface area contributed by atoms with Crippen LogP contribution in [0.2, 0.25) is 5.02 Å². The summed E-state index contributed by atoms with van der Waals surface area (Å²) in [4.78, 5) is 18.8. The van der Waals surface area contributed by atoms with E-state index in [4.69, 9.17) is 16.4 Å². The van der Waals surface area contributed by atoms with E-state index in [0.717, 1.165) is 16.7 Å². The monoisotopic (exact) mass is 466 g/mol. The lowest BCUT2D eigenvalue weighted by Crippen LogP contribution is -2.21. The molecule has 1 aromatic heterocycles. The van der Waals surface area contributed by atoms with E-state index in [1.165, 1.54) is 0 Å². The summed E-state index contributed by atoms with van der Waals surface area (Å²) in [5.74, 6) is 1.47. The SMILES string of the molecule is C=C1N=C(c2ccc(Cc3nc(-c4cccc(Cl)c4)nc4c3S(=O)(=O)CCC4)cc2)NO1. The van der Waals surface area contributed by atoms with Gasteiger partial charge in [0.25, 0.3) is 0 Å². The average Bonchev–Trinajstić information content (AvgIpc) is 3.20. The van der Waals surface area contributed by atoms with Crippen molar-refractivity contribution in [2.75, 3.05) is 5.75 Å². The van der Waals surface area contributed by atoms with Crippen LogP contribution in [0, 0.1) is 0 Å². The predicted molar refractivity (Wildman–Crippen MR) is 122 cm³/mol.